The number of carbonyl (C=O) groups excluding carboxylic acids is 1. The molecule has 0 atom stereocenters. The van der Waals surface area contributed by atoms with Crippen LogP contribution in [-0.4, -0.2) is 5.78 Å². The molecular formula is C12H18OS. The van der Waals surface area contributed by atoms with Crippen LogP contribution in [0, 0.1) is 5.92 Å². The van der Waals surface area contributed by atoms with E-state index in [1.165, 1.54) is 4.88 Å². The normalized spacial score (nSPS) is 10.9. The smallest absolute Gasteiger partial charge is 0.175 e. The molecule has 78 valence electrons. The minimum atomic E-state index is 0.221. The largest absolute Gasteiger partial charge is 0.293 e. The summed E-state index contributed by atoms with van der Waals surface area (Å²) in [6.45, 7) is 6.29. The summed E-state index contributed by atoms with van der Waals surface area (Å²) in [6, 6.07) is 4.05. The van der Waals surface area contributed by atoms with Gasteiger partial charge in [-0.25, -0.2) is 0 Å². The van der Waals surface area contributed by atoms with Crippen molar-refractivity contribution in [1.82, 2.24) is 0 Å². The van der Waals surface area contributed by atoms with Crippen LogP contribution in [0.1, 0.15) is 48.2 Å². The molecule has 14 heavy (non-hydrogen) atoms. The van der Waals surface area contributed by atoms with Crippen LogP contribution in [0.25, 0.3) is 0 Å². The Bertz CT molecular complexity index is 297. The third-order valence-electron chi connectivity index (χ3n) is 2.61. The first-order valence-corrected chi connectivity index (χ1v) is 6.17. The van der Waals surface area contributed by atoms with E-state index in [1.54, 1.807) is 11.3 Å². The highest BCUT2D eigenvalue weighted by molar-refractivity contribution is 7.14. The predicted molar refractivity (Wildman–Crippen MR) is 62.1 cm³/mol. The molecule has 0 spiro atoms. The Morgan fingerprint density at radius 1 is 1.29 bits per heavy atom. The Labute approximate surface area is 90.2 Å². The molecular weight excluding hydrogens is 192 g/mol. The van der Waals surface area contributed by atoms with Crippen molar-refractivity contribution in [3.05, 3.63) is 21.9 Å². The molecule has 0 fully saturated rings. The van der Waals surface area contributed by atoms with E-state index in [9.17, 15) is 4.79 Å². The van der Waals surface area contributed by atoms with Gasteiger partial charge in [0, 0.05) is 10.8 Å². The lowest BCUT2D eigenvalue weighted by atomic mass is 9.97. The summed E-state index contributed by atoms with van der Waals surface area (Å²) in [5, 5.41) is 0. The Morgan fingerprint density at radius 2 is 1.93 bits per heavy atom. The molecule has 0 saturated carbocycles. The van der Waals surface area contributed by atoms with E-state index >= 15 is 0 Å². The number of rotatable bonds is 5. The summed E-state index contributed by atoms with van der Waals surface area (Å²) in [6.07, 6.45) is 2.93. The molecule has 0 bridgehead atoms. The van der Waals surface area contributed by atoms with Gasteiger partial charge in [-0.3, -0.25) is 4.79 Å². The second-order valence-corrected chi connectivity index (χ2v) is 4.67. The minimum absolute atomic E-state index is 0.221. The van der Waals surface area contributed by atoms with Crippen molar-refractivity contribution in [2.45, 2.75) is 40.0 Å². The molecule has 0 N–H and O–H groups in total. The fourth-order valence-electron chi connectivity index (χ4n) is 1.56. The first-order chi connectivity index (χ1) is 6.72. The van der Waals surface area contributed by atoms with Gasteiger partial charge in [0.15, 0.2) is 5.78 Å². The van der Waals surface area contributed by atoms with Crippen molar-refractivity contribution in [2.24, 2.45) is 5.92 Å². The molecule has 1 aromatic heterocycles. The third-order valence-corrected chi connectivity index (χ3v) is 3.85. The van der Waals surface area contributed by atoms with Gasteiger partial charge < -0.3 is 0 Å². The van der Waals surface area contributed by atoms with Crippen molar-refractivity contribution in [3.8, 4) is 0 Å². The van der Waals surface area contributed by atoms with Crippen LogP contribution < -0.4 is 0 Å². The Kier molecular flexibility index (Phi) is 4.33. The summed E-state index contributed by atoms with van der Waals surface area (Å²) in [4.78, 5) is 14.2. The molecule has 1 nitrogen and oxygen atoms in total. The van der Waals surface area contributed by atoms with Crippen molar-refractivity contribution in [1.29, 1.82) is 0 Å². The van der Waals surface area contributed by atoms with Gasteiger partial charge >= 0.3 is 0 Å². The average Bonchev–Trinajstić information content (AvgIpc) is 2.67. The van der Waals surface area contributed by atoms with Gasteiger partial charge in [-0.2, -0.15) is 0 Å². The van der Waals surface area contributed by atoms with Crippen molar-refractivity contribution < 1.29 is 4.79 Å². The second-order valence-electron chi connectivity index (χ2n) is 3.50. The first kappa shape index (κ1) is 11.4. The van der Waals surface area contributed by atoms with E-state index in [-0.39, 0.29) is 5.92 Å². The van der Waals surface area contributed by atoms with E-state index in [1.807, 2.05) is 6.07 Å². The quantitative estimate of drug-likeness (QED) is 0.673. The SMILES string of the molecule is CCc1ccc(C(=O)C(CC)CC)s1. The number of hydrogen-bond donors (Lipinski definition) is 0. The van der Waals surface area contributed by atoms with Crippen molar-refractivity contribution >= 4 is 17.1 Å². The molecule has 0 unspecified atom stereocenters. The fourth-order valence-corrected chi connectivity index (χ4v) is 2.53. The fraction of sp³-hybridized carbons (Fsp3) is 0.583. The topological polar surface area (TPSA) is 17.1 Å². The molecule has 0 aromatic carbocycles. The van der Waals surface area contributed by atoms with Crippen LogP contribution in [-0.2, 0) is 6.42 Å². The number of aryl methyl sites for hydroxylation is 1. The molecule has 0 saturated heterocycles. The number of Topliss-reactive ketones (excluding diaryl/α,β-unsaturated/α-hetero) is 1. The van der Waals surface area contributed by atoms with Crippen molar-refractivity contribution in [3.63, 3.8) is 0 Å². The molecule has 0 aliphatic heterocycles. The summed E-state index contributed by atoms with van der Waals surface area (Å²) in [5.74, 6) is 0.554. The summed E-state index contributed by atoms with van der Waals surface area (Å²) in [5.41, 5.74) is 0. The van der Waals surface area contributed by atoms with E-state index in [0.29, 0.717) is 5.78 Å². The van der Waals surface area contributed by atoms with Gasteiger partial charge in [-0.05, 0) is 31.4 Å². The Hall–Kier alpha value is -0.630. The molecule has 0 aliphatic rings. The van der Waals surface area contributed by atoms with E-state index in [0.717, 1.165) is 24.1 Å². The maximum Gasteiger partial charge on any atom is 0.175 e. The Balaban J connectivity index is 2.77. The monoisotopic (exact) mass is 210 g/mol. The lowest BCUT2D eigenvalue weighted by Gasteiger charge is -2.08. The molecule has 1 heterocycles. The highest BCUT2D eigenvalue weighted by atomic mass is 32.1. The Morgan fingerprint density at radius 3 is 2.36 bits per heavy atom. The maximum absolute atomic E-state index is 11.9. The van der Waals surface area contributed by atoms with Gasteiger partial charge in [-0.15, -0.1) is 11.3 Å². The number of ketones is 1. The second kappa shape index (κ2) is 5.30. The van der Waals surface area contributed by atoms with Gasteiger partial charge in [0.1, 0.15) is 0 Å². The van der Waals surface area contributed by atoms with Crippen molar-refractivity contribution in [2.75, 3.05) is 0 Å². The lowest BCUT2D eigenvalue weighted by Crippen LogP contribution is -2.11. The average molecular weight is 210 g/mol. The van der Waals surface area contributed by atoms with Crippen LogP contribution in [0.3, 0.4) is 0 Å². The summed E-state index contributed by atoms with van der Waals surface area (Å²) < 4.78 is 0. The molecule has 1 rings (SSSR count). The van der Waals surface area contributed by atoms with Crippen LogP contribution in [0.4, 0.5) is 0 Å². The highest BCUT2D eigenvalue weighted by Gasteiger charge is 2.17. The molecule has 1 aromatic rings. The van der Waals surface area contributed by atoms with Gasteiger partial charge in [-0.1, -0.05) is 20.8 Å². The van der Waals surface area contributed by atoms with Gasteiger partial charge in [0.2, 0.25) is 0 Å². The van der Waals surface area contributed by atoms with Gasteiger partial charge in [0.05, 0.1) is 4.88 Å². The molecule has 0 radical (unpaired) electrons. The predicted octanol–water partition coefficient (Wildman–Crippen LogP) is 3.93. The number of hydrogen-bond acceptors (Lipinski definition) is 2. The lowest BCUT2D eigenvalue weighted by molar-refractivity contribution is 0.0917. The maximum atomic E-state index is 11.9. The number of thiophene rings is 1. The van der Waals surface area contributed by atoms with E-state index < -0.39 is 0 Å². The first-order valence-electron chi connectivity index (χ1n) is 5.35. The number of carbonyl (C=O) groups is 1. The van der Waals surface area contributed by atoms with Gasteiger partial charge in [0.25, 0.3) is 0 Å². The molecule has 2 heteroatoms. The zero-order chi connectivity index (χ0) is 10.6. The minimum Gasteiger partial charge on any atom is -0.293 e. The highest BCUT2D eigenvalue weighted by Crippen LogP contribution is 2.23. The van der Waals surface area contributed by atoms with Crippen LogP contribution in [0.5, 0.6) is 0 Å². The summed E-state index contributed by atoms with van der Waals surface area (Å²) >= 11 is 1.65. The third kappa shape index (κ3) is 2.44. The standard InChI is InChI=1S/C12H18OS/c1-4-9(5-2)12(13)11-8-7-10(6-3)14-11/h7-9H,4-6H2,1-3H3. The van der Waals surface area contributed by atoms with E-state index in [4.69, 9.17) is 0 Å². The van der Waals surface area contributed by atoms with Crippen LogP contribution in [0.2, 0.25) is 0 Å². The van der Waals surface area contributed by atoms with Crippen LogP contribution >= 0.6 is 11.3 Å². The van der Waals surface area contributed by atoms with E-state index in [2.05, 4.69) is 26.8 Å². The van der Waals surface area contributed by atoms with Crippen LogP contribution in [0.15, 0.2) is 12.1 Å². The summed E-state index contributed by atoms with van der Waals surface area (Å²) in [7, 11) is 0. The molecule has 0 amide bonds. The zero-order valence-corrected chi connectivity index (χ0v) is 9.99. The zero-order valence-electron chi connectivity index (χ0n) is 9.17. The molecule has 0 aliphatic carbocycles.